The Bertz CT molecular complexity index is 447. The Morgan fingerprint density at radius 2 is 2.14 bits per heavy atom. The highest BCUT2D eigenvalue weighted by molar-refractivity contribution is 6.30. The van der Waals surface area contributed by atoms with Crippen LogP contribution < -0.4 is 10.6 Å². The summed E-state index contributed by atoms with van der Waals surface area (Å²) in [4.78, 5) is 14.4. The first-order valence-electron chi connectivity index (χ1n) is 7.65. The van der Waals surface area contributed by atoms with Crippen LogP contribution in [-0.4, -0.2) is 43.0 Å². The third-order valence-corrected chi connectivity index (χ3v) is 4.06. The number of carbonyl (C=O) groups is 1. The van der Waals surface area contributed by atoms with E-state index in [0.29, 0.717) is 24.2 Å². The number of nitrogens with one attached hydrogen (secondary N) is 2. The molecule has 0 aromatic heterocycles. The van der Waals surface area contributed by atoms with Gasteiger partial charge in [-0.2, -0.15) is 0 Å². The highest BCUT2D eigenvalue weighted by Gasteiger charge is 2.23. The summed E-state index contributed by atoms with van der Waals surface area (Å²) >= 11 is 5.85. The van der Waals surface area contributed by atoms with E-state index >= 15 is 0 Å². The van der Waals surface area contributed by atoms with Crippen LogP contribution in [0.15, 0.2) is 24.3 Å². The number of amides is 1. The molecule has 1 aliphatic heterocycles. The zero-order chi connectivity index (χ0) is 15.1. The van der Waals surface area contributed by atoms with E-state index in [1.54, 1.807) is 0 Å². The second kappa shape index (κ2) is 10.1. The van der Waals surface area contributed by atoms with E-state index in [4.69, 9.17) is 11.6 Å². The molecular weight excluding hydrogens is 321 g/mol. The normalized spacial score (nSPS) is 17.3. The standard InChI is InChI=1S/C16H24ClN3O.ClH/c1-2-9-20(15-7-8-18-11-15)12-16(21)19-10-13-3-5-14(17)6-4-13;/h3-6,15,18H,2,7-12H2,1H3,(H,19,21);1H. The lowest BCUT2D eigenvalue weighted by Gasteiger charge is -2.27. The third-order valence-electron chi connectivity index (χ3n) is 3.81. The fourth-order valence-corrected chi connectivity index (χ4v) is 2.80. The van der Waals surface area contributed by atoms with Crippen LogP contribution in [0.4, 0.5) is 0 Å². The summed E-state index contributed by atoms with van der Waals surface area (Å²) in [5, 5.41) is 7.06. The molecule has 1 atom stereocenters. The Labute approximate surface area is 144 Å². The first-order chi connectivity index (χ1) is 10.2. The number of hydrogen-bond donors (Lipinski definition) is 2. The van der Waals surface area contributed by atoms with Crippen molar-refractivity contribution in [3.05, 3.63) is 34.9 Å². The molecule has 0 saturated carbocycles. The van der Waals surface area contributed by atoms with Crippen LogP contribution in [0.1, 0.15) is 25.3 Å². The van der Waals surface area contributed by atoms with Crippen molar-refractivity contribution >= 4 is 29.9 Å². The molecule has 2 N–H and O–H groups in total. The molecule has 1 unspecified atom stereocenters. The van der Waals surface area contributed by atoms with E-state index in [2.05, 4.69) is 22.5 Å². The summed E-state index contributed by atoms with van der Waals surface area (Å²) in [5.74, 6) is 0.0882. The van der Waals surface area contributed by atoms with Crippen LogP contribution in [0.5, 0.6) is 0 Å². The molecule has 0 aliphatic carbocycles. The fourth-order valence-electron chi connectivity index (χ4n) is 2.67. The van der Waals surface area contributed by atoms with E-state index < -0.39 is 0 Å². The van der Waals surface area contributed by atoms with E-state index in [1.165, 1.54) is 0 Å². The molecule has 0 spiro atoms. The molecule has 1 saturated heterocycles. The quantitative estimate of drug-likeness (QED) is 0.797. The molecule has 1 amide bonds. The Morgan fingerprint density at radius 3 is 2.73 bits per heavy atom. The van der Waals surface area contributed by atoms with Gasteiger partial charge in [-0.1, -0.05) is 30.7 Å². The molecule has 0 bridgehead atoms. The molecule has 124 valence electrons. The van der Waals surface area contributed by atoms with Gasteiger partial charge in [0.25, 0.3) is 0 Å². The summed E-state index contributed by atoms with van der Waals surface area (Å²) < 4.78 is 0. The van der Waals surface area contributed by atoms with Gasteiger partial charge in [0.15, 0.2) is 0 Å². The highest BCUT2D eigenvalue weighted by atomic mass is 35.5. The van der Waals surface area contributed by atoms with Crippen LogP contribution in [0.3, 0.4) is 0 Å². The molecule has 4 nitrogen and oxygen atoms in total. The van der Waals surface area contributed by atoms with Crippen molar-refractivity contribution in [3.63, 3.8) is 0 Å². The summed E-state index contributed by atoms with van der Waals surface area (Å²) in [6, 6.07) is 8.06. The molecule has 1 aromatic carbocycles. The molecule has 1 aromatic rings. The van der Waals surface area contributed by atoms with Crippen molar-refractivity contribution in [3.8, 4) is 0 Å². The van der Waals surface area contributed by atoms with Crippen molar-refractivity contribution in [2.24, 2.45) is 0 Å². The fraction of sp³-hybridized carbons (Fsp3) is 0.562. The number of halogens is 2. The van der Waals surface area contributed by atoms with Crippen molar-refractivity contribution < 1.29 is 4.79 Å². The topological polar surface area (TPSA) is 44.4 Å². The monoisotopic (exact) mass is 345 g/mol. The minimum Gasteiger partial charge on any atom is -0.351 e. The van der Waals surface area contributed by atoms with Crippen molar-refractivity contribution in [1.82, 2.24) is 15.5 Å². The largest absolute Gasteiger partial charge is 0.351 e. The molecular formula is C16H25Cl2N3O. The predicted octanol–water partition coefficient (Wildman–Crippen LogP) is 2.45. The first kappa shape index (κ1) is 19.2. The Hall–Kier alpha value is -0.810. The smallest absolute Gasteiger partial charge is 0.234 e. The minimum absolute atomic E-state index is 0. The summed E-state index contributed by atoms with van der Waals surface area (Å²) in [6.07, 6.45) is 2.20. The van der Waals surface area contributed by atoms with Gasteiger partial charge in [-0.3, -0.25) is 9.69 Å². The van der Waals surface area contributed by atoms with Crippen molar-refractivity contribution in [1.29, 1.82) is 0 Å². The Kier molecular flexibility index (Phi) is 8.79. The molecule has 0 radical (unpaired) electrons. The van der Waals surface area contributed by atoms with Crippen LogP contribution in [-0.2, 0) is 11.3 Å². The maximum atomic E-state index is 12.1. The van der Waals surface area contributed by atoms with Crippen molar-refractivity contribution in [2.75, 3.05) is 26.2 Å². The zero-order valence-electron chi connectivity index (χ0n) is 13.0. The maximum absolute atomic E-state index is 12.1. The van der Waals surface area contributed by atoms with Gasteiger partial charge < -0.3 is 10.6 Å². The summed E-state index contributed by atoms with van der Waals surface area (Å²) in [7, 11) is 0. The van der Waals surface area contributed by atoms with Crippen LogP contribution in [0, 0.1) is 0 Å². The number of carbonyl (C=O) groups excluding carboxylic acids is 1. The lowest BCUT2D eigenvalue weighted by molar-refractivity contribution is -0.122. The van der Waals surface area contributed by atoms with Gasteiger partial charge in [0.1, 0.15) is 0 Å². The zero-order valence-corrected chi connectivity index (χ0v) is 14.6. The number of nitrogens with zero attached hydrogens (tertiary/aromatic N) is 1. The van der Waals surface area contributed by atoms with E-state index in [9.17, 15) is 4.79 Å². The average Bonchev–Trinajstić information content (AvgIpc) is 3.00. The van der Waals surface area contributed by atoms with Crippen LogP contribution in [0.25, 0.3) is 0 Å². The molecule has 1 aliphatic rings. The van der Waals surface area contributed by atoms with Crippen molar-refractivity contribution in [2.45, 2.75) is 32.4 Å². The maximum Gasteiger partial charge on any atom is 0.234 e. The first-order valence-corrected chi connectivity index (χ1v) is 8.02. The third kappa shape index (κ3) is 6.13. The molecule has 2 rings (SSSR count). The molecule has 1 heterocycles. The lowest BCUT2D eigenvalue weighted by atomic mass is 10.2. The lowest BCUT2D eigenvalue weighted by Crippen LogP contribution is -2.44. The SMILES string of the molecule is CCCN(CC(=O)NCc1ccc(Cl)cc1)C1CCNC1.Cl. The van der Waals surface area contributed by atoms with Gasteiger partial charge in [0.05, 0.1) is 6.54 Å². The molecule has 6 heteroatoms. The van der Waals surface area contributed by atoms with Gasteiger partial charge in [0.2, 0.25) is 5.91 Å². The summed E-state index contributed by atoms with van der Waals surface area (Å²) in [6.45, 7) is 6.20. The van der Waals surface area contributed by atoms with E-state index in [-0.39, 0.29) is 18.3 Å². The minimum atomic E-state index is 0. The predicted molar refractivity (Wildman–Crippen MR) is 93.7 cm³/mol. The van der Waals surface area contributed by atoms with E-state index in [0.717, 1.165) is 38.0 Å². The van der Waals surface area contributed by atoms with Gasteiger partial charge >= 0.3 is 0 Å². The number of hydrogen-bond acceptors (Lipinski definition) is 3. The second-order valence-corrected chi connectivity index (χ2v) is 5.96. The van der Waals surface area contributed by atoms with Crippen LogP contribution >= 0.6 is 24.0 Å². The highest BCUT2D eigenvalue weighted by Crippen LogP contribution is 2.10. The molecule has 22 heavy (non-hydrogen) atoms. The molecule has 1 fully saturated rings. The Morgan fingerprint density at radius 1 is 1.41 bits per heavy atom. The van der Waals surface area contributed by atoms with Gasteiger partial charge in [0, 0.05) is 24.2 Å². The van der Waals surface area contributed by atoms with E-state index in [1.807, 2.05) is 24.3 Å². The second-order valence-electron chi connectivity index (χ2n) is 5.52. The summed E-state index contributed by atoms with van der Waals surface area (Å²) in [5.41, 5.74) is 1.07. The van der Waals surface area contributed by atoms with Gasteiger partial charge in [-0.05, 0) is 43.6 Å². The number of benzene rings is 1. The van der Waals surface area contributed by atoms with Crippen LogP contribution in [0.2, 0.25) is 5.02 Å². The average molecular weight is 346 g/mol. The van der Waals surface area contributed by atoms with Gasteiger partial charge in [-0.15, -0.1) is 12.4 Å². The Balaban J connectivity index is 0.00000242. The number of rotatable bonds is 7. The van der Waals surface area contributed by atoms with Gasteiger partial charge in [-0.25, -0.2) is 0 Å².